The second kappa shape index (κ2) is 7.97. The number of aromatic nitrogens is 5. The highest BCUT2D eigenvalue weighted by Crippen LogP contribution is 2.27. The first-order valence-corrected chi connectivity index (χ1v) is 10.7. The van der Waals surface area contributed by atoms with E-state index in [1.54, 1.807) is 16.3 Å². The van der Waals surface area contributed by atoms with Crippen molar-refractivity contribution in [1.29, 1.82) is 0 Å². The van der Waals surface area contributed by atoms with E-state index >= 15 is 0 Å². The van der Waals surface area contributed by atoms with Gasteiger partial charge in [-0.25, -0.2) is 9.67 Å². The highest BCUT2D eigenvalue weighted by molar-refractivity contribution is 7.18. The number of para-hydroxylation sites is 1. The summed E-state index contributed by atoms with van der Waals surface area (Å²) >= 11 is 2.72. The molecule has 5 aromatic rings. The van der Waals surface area contributed by atoms with Crippen molar-refractivity contribution in [3.8, 4) is 26.8 Å². The number of carbonyl (C=O) groups is 1. The Morgan fingerprint density at radius 3 is 2.47 bits per heavy atom. The molecule has 0 bridgehead atoms. The van der Waals surface area contributed by atoms with Crippen molar-refractivity contribution >= 4 is 33.7 Å². The van der Waals surface area contributed by atoms with Crippen LogP contribution in [0.3, 0.4) is 0 Å². The lowest BCUT2D eigenvalue weighted by molar-refractivity contribution is 0.102. The van der Waals surface area contributed by atoms with E-state index in [9.17, 15) is 4.79 Å². The summed E-state index contributed by atoms with van der Waals surface area (Å²) in [6, 6.07) is 19.5. The molecule has 0 saturated heterocycles. The zero-order valence-electron chi connectivity index (χ0n) is 15.5. The number of amides is 1. The fourth-order valence-electron chi connectivity index (χ4n) is 2.80. The van der Waals surface area contributed by atoms with Gasteiger partial charge in [-0.05, 0) is 12.1 Å². The van der Waals surface area contributed by atoms with E-state index in [0.717, 1.165) is 26.8 Å². The molecule has 0 radical (unpaired) electrons. The van der Waals surface area contributed by atoms with E-state index in [-0.39, 0.29) is 5.91 Å². The molecule has 0 aliphatic carbocycles. The summed E-state index contributed by atoms with van der Waals surface area (Å²) in [6.07, 6.45) is 3.64. The van der Waals surface area contributed by atoms with Gasteiger partial charge >= 0.3 is 0 Å². The van der Waals surface area contributed by atoms with Gasteiger partial charge in [0.05, 0.1) is 11.9 Å². The Hall–Kier alpha value is -3.69. The van der Waals surface area contributed by atoms with Gasteiger partial charge in [0, 0.05) is 22.7 Å². The zero-order valence-corrected chi connectivity index (χ0v) is 17.1. The predicted molar refractivity (Wildman–Crippen MR) is 118 cm³/mol. The Kier molecular flexibility index (Phi) is 4.88. The van der Waals surface area contributed by atoms with Crippen molar-refractivity contribution in [1.82, 2.24) is 25.0 Å². The summed E-state index contributed by atoms with van der Waals surface area (Å²) in [5.41, 5.74) is 3.11. The molecule has 0 unspecified atom stereocenters. The molecule has 5 rings (SSSR count). The van der Waals surface area contributed by atoms with E-state index in [2.05, 4.69) is 25.6 Å². The number of hydrogen-bond donors (Lipinski definition) is 1. The first-order valence-electron chi connectivity index (χ1n) is 9.02. The Bertz CT molecular complexity index is 1290. The van der Waals surface area contributed by atoms with E-state index in [1.165, 1.54) is 22.7 Å². The SMILES string of the molecule is O=C(Nc1nnc(-c2ccccc2)s1)c1csc(-c2cnn(-c3ccccc3)c2)n1. The maximum atomic E-state index is 12.6. The fourth-order valence-corrected chi connectivity index (χ4v) is 4.32. The number of anilines is 1. The third kappa shape index (κ3) is 3.76. The second-order valence-electron chi connectivity index (χ2n) is 6.28. The van der Waals surface area contributed by atoms with Gasteiger partial charge in [-0.15, -0.1) is 21.5 Å². The zero-order chi connectivity index (χ0) is 20.3. The summed E-state index contributed by atoms with van der Waals surface area (Å²) in [4.78, 5) is 17.0. The lowest BCUT2D eigenvalue weighted by Crippen LogP contribution is -2.12. The molecule has 0 saturated carbocycles. The average molecular weight is 431 g/mol. The molecule has 0 aliphatic heterocycles. The minimum absolute atomic E-state index is 0.316. The van der Waals surface area contributed by atoms with Crippen LogP contribution < -0.4 is 5.32 Å². The molecule has 0 fully saturated rings. The molecule has 30 heavy (non-hydrogen) atoms. The van der Waals surface area contributed by atoms with Crippen molar-refractivity contribution in [2.75, 3.05) is 5.32 Å². The molecule has 3 aromatic heterocycles. The molecule has 146 valence electrons. The van der Waals surface area contributed by atoms with Gasteiger partial charge in [0.1, 0.15) is 15.7 Å². The van der Waals surface area contributed by atoms with Gasteiger partial charge < -0.3 is 0 Å². The van der Waals surface area contributed by atoms with E-state index in [1.807, 2.05) is 66.9 Å². The number of benzene rings is 2. The minimum Gasteiger partial charge on any atom is -0.295 e. The van der Waals surface area contributed by atoms with Gasteiger partial charge in [-0.1, -0.05) is 59.9 Å². The summed E-state index contributed by atoms with van der Waals surface area (Å²) in [7, 11) is 0. The highest BCUT2D eigenvalue weighted by atomic mass is 32.1. The van der Waals surface area contributed by atoms with Gasteiger partial charge in [-0.3, -0.25) is 10.1 Å². The van der Waals surface area contributed by atoms with E-state index < -0.39 is 0 Å². The second-order valence-corrected chi connectivity index (χ2v) is 8.12. The Morgan fingerprint density at radius 1 is 0.900 bits per heavy atom. The lowest BCUT2D eigenvalue weighted by Gasteiger charge is -1.98. The quantitative estimate of drug-likeness (QED) is 0.434. The first-order chi connectivity index (χ1) is 14.8. The summed E-state index contributed by atoms with van der Waals surface area (Å²) in [6.45, 7) is 0. The Balaban J connectivity index is 1.31. The van der Waals surface area contributed by atoms with Gasteiger partial charge in [0.2, 0.25) is 5.13 Å². The molecule has 0 atom stereocenters. The van der Waals surface area contributed by atoms with Crippen LogP contribution in [-0.4, -0.2) is 30.9 Å². The third-order valence-corrected chi connectivity index (χ3v) is 6.03. The maximum absolute atomic E-state index is 12.6. The van der Waals surface area contributed by atoms with Crippen molar-refractivity contribution in [3.63, 3.8) is 0 Å². The first kappa shape index (κ1) is 18.3. The molecule has 3 heterocycles. The molecular weight excluding hydrogens is 416 g/mol. The molecule has 1 N–H and O–H groups in total. The predicted octanol–water partition coefficient (Wildman–Crippen LogP) is 4.77. The molecule has 9 heteroatoms. The van der Waals surface area contributed by atoms with E-state index in [4.69, 9.17) is 0 Å². The summed E-state index contributed by atoms with van der Waals surface area (Å²) in [5.74, 6) is -0.316. The highest BCUT2D eigenvalue weighted by Gasteiger charge is 2.16. The fraction of sp³-hybridized carbons (Fsp3) is 0. The van der Waals surface area contributed by atoms with Gasteiger partial charge in [0.25, 0.3) is 5.91 Å². The van der Waals surface area contributed by atoms with Crippen molar-refractivity contribution < 1.29 is 4.79 Å². The van der Waals surface area contributed by atoms with Crippen LogP contribution in [0.25, 0.3) is 26.8 Å². The molecular formula is C21H14N6OS2. The number of hydrogen-bond acceptors (Lipinski definition) is 7. The summed E-state index contributed by atoms with van der Waals surface area (Å²) in [5, 5.41) is 19.0. The number of carbonyl (C=O) groups excluding carboxylic acids is 1. The topological polar surface area (TPSA) is 85.6 Å². The van der Waals surface area contributed by atoms with Gasteiger partial charge in [0.15, 0.2) is 0 Å². The molecule has 2 aromatic carbocycles. The number of nitrogens with zero attached hydrogens (tertiary/aromatic N) is 5. The Labute approximate surface area is 179 Å². The minimum atomic E-state index is -0.316. The van der Waals surface area contributed by atoms with Crippen molar-refractivity contribution in [2.45, 2.75) is 0 Å². The van der Waals surface area contributed by atoms with Crippen LogP contribution in [0.4, 0.5) is 5.13 Å². The Morgan fingerprint density at radius 2 is 1.67 bits per heavy atom. The van der Waals surface area contributed by atoms with Gasteiger partial charge in [-0.2, -0.15) is 5.10 Å². The standard InChI is InChI=1S/C21H14N6OS2/c28-18(24-21-26-25-20(30-21)14-7-3-1-4-8-14)17-13-29-19(23-17)15-11-22-27(12-15)16-9-5-2-6-10-16/h1-13H,(H,24,26,28). The average Bonchev–Trinajstić information content (AvgIpc) is 3.55. The lowest BCUT2D eigenvalue weighted by atomic mass is 10.2. The number of nitrogens with one attached hydrogen (secondary N) is 1. The van der Waals surface area contributed by atoms with Crippen LogP contribution in [0.1, 0.15) is 10.5 Å². The number of thiazole rings is 1. The number of rotatable bonds is 5. The third-order valence-electron chi connectivity index (χ3n) is 4.25. The maximum Gasteiger partial charge on any atom is 0.276 e. The van der Waals surface area contributed by atoms with Crippen LogP contribution in [0.5, 0.6) is 0 Å². The van der Waals surface area contributed by atoms with Crippen LogP contribution in [0.2, 0.25) is 0 Å². The largest absolute Gasteiger partial charge is 0.295 e. The van der Waals surface area contributed by atoms with Crippen LogP contribution in [0, 0.1) is 0 Å². The normalized spacial score (nSPS) is 10.8. The van der Waals surface area contributed by atoms with Crippen molar-refractivity contribution in [3.05, 3.63) is 84.1 Å². The van der Waals surface area contributed by atoms with Crippen LogP contribution in [-0.2, 0) is 0 Å². The summed E-state index contributed by atoms with van der Waals surface area (Å²) < 4.78 is 1.78. The molecule has 1 amide bonds. The smallest absolute Gasteiger partial charge is 0.276 e. The molecule has 0 aliphatic rings. The van der Waals surface area contributed by atoms with E-state index in [0.29, 0.717) is 10.8 Å². The van der Waals surface area contributed by atoms with Crippen LogP contribution in [0.15, 0.2) is 78.4 Å². The molecule has 7 nitrogen and oxygen atoms in total. The molecule has 0 spiro atoms. The van der Waals surface area contributed by atoms with Crippen LogP contribution >= 0.6 is 22.7 Å². The monoisotopic (exact) mass is 430 g/mol. The van der Waals surface area contributed by atoms with Crippen molar-refractivity contribution in [2.24, 2.45) is 0 Å².